The molecule has 2 aromatic rings. The Balaban J connectivity index is 2.63. The van der Waals surface area contributed by atoms with E-state index in [1.807, 2.05) is 24.3 Å². The number of aromatic nitrogens is 2. The van der Waals surface area contributed by atoms with Crippen LogP contribution < -0.4 is 5.73 Å². The molecule has 0 unspecified atom stereocenters. The second-order valence-electron chi connectivity index (χ2n) is 4.66. The predicted molar refractivity (Wildman–Crippen MR) is 86.8 cm³/mol. The molecule has 122 valence electrons. The topological polar surface area (TPSA) is 103 Å². The molecule has 0 fully saturated rings. The first-order valence-corrected chi connectivity index (χ1v) is 8.85. The number of nitrogen functional groups attached to an aromatic ring is 1. The maximum Gasteiger partial charge on any atom is 0.359 e. The fourth-order valence-corrected chi connectivity index (χ4v) is 4.34. The molecule has 0 saturated heterocycles. The van der Waals surface area contributed by atoms with Crippen molar-refractivity contribution in [2.45, 2.75) is 19.6 Å². The highest BCUT2D eigenvalue weighted by atomic mass is 31.2. The van der Waals surface area contributed by atoms with Crippen molar-refractivity contribution in [2.75, 3.05) is 18.9 Å². The number of nitrogens with zero attached hydrogens (tertiary/aromatic N) is 3. The van der Waals surface area contributed by atoms with Gasteiger partial charge in [0.25, 0.3) is 0 Å². The van der Waals surface area contributed by atoms with Crippen molar-refractivity contribution in [1.82, 2.24) is 9.78 Å². The van der Waals surface area contributed by atoms with Gasteiger partial charge in [-0.15, -0.1) is 0 Å². The zero-order chi connectivity index (χ0) is 16.9. The van der Waals surface area contributed by atoms with Gasteiger partial charge in [0.1, 0.15) is 17.5 Å². The zero-order valence-corrected chi connectivity index (χ0v) is 13.9. The summed E-state index contributed by atoms with van der Waals surface area (Å²) in [5.41, 5.74) is 6.88. The highest BCUT2D eigenvalue weighted by Gasteiger charge is 2.40. The Morgan fingerprint density at radius 3 is 2.39 bits per heavy atom. The molecule has 0 aliphatic rings. The number of rotatable bonds is 7. The van der Waals surface area contributed by atoms with Crippen LogP contribution in [0.2, 0.25) is 0 Å². The molecule has 7 nitrogen and oxygen atoms in total. The lowest BCUT2D eigenvalue weighted by atomic mass is 10.2. The molecular formula is C15H19N4O3P. The van der Waals surface area contributed by atoms with Crippen LogP contribution in [0.4, 0.5) is 5.82 Å². The van der Waals surface area contributed by atoms with E-state index in [1.54, 1.807) is 26.0 Å². The molecule has 0 amide bonds. The van der Waals surface area contributed by atoms with Gasteiger partial charge in [-0.3, -0.25) is 4.57 Å². The molecule has 0 radical (unpaired) electrons. The van der Waals surface area contributed by atoms with E-state index in [0.29, 0.717) is 5.56 Å². The first kappa shape index (κ1) is 17.2. The van der Waals surface area contributed by atoms with E-state index in [1.165, 1.54) is 10.9 Å². The van der Waals surface area contributed by atoms with E-state index in [0.717, 1.165) is 0 Å². The van der Waals surface area contributed by atoms with Gasteiger partial charge in [0.15, 0.2) is 5.78 Å². The van der Waals surface area contributed by atoms with E-state index >= 15 is 0 Å². The van der Waals surface area contributed by atoms with Crippen molar-refractivity contribution in [2.24, 2.45) is 0 Å². The molecule has 0 saturated carbocycles. The molecule has 1 atom stereocenters. The highest BCUT2D eigenvalue weighted by molar-refractivity contribution is 7.54. The Morgan fingerprint density at radius 1 is 1.30 bits per heavy atom. The molecule has 23 heavy (non-hydrogen) atoms. The van der Waals surface area contributed by atoms with Crippen LogP contribution in [0.25, 0.3) is 0 Å². The van der Waals surface area contributed by atoms with Crippen LogP contribution in [0.3, 0.4) is 0 Å². The average Bonchev–Trinajstić information content (AvgIpc) is 2.90. The SMILES string of the molecule is CCOP(=O)(OCC)[C@@H](c1ccccc1)n1ncc(C#N)c1N. The van der Waals surface area contributed by atoms with Gasteiger partial charge in [-0.25, -0.2) is 4.68 Å². The van der Waals surface area contributed by atoms with Gasteiger partial charge < -0.3 is 14.8 Å². The molecule has 2 rings (SSSR count). The molecule has 0 aliphatic carbocycles. The third-order valence-electron chi connectivity index (χ3n) is 3.20. The lowest BCUT2D eigenvalue weighted by Gasteiger charge is -2.27. The van der Waals surface area contributed by atoms with Gasteiger partial charge in [-0.1, -0.05) is 30.3 Å². The summed E-state index contributed by atoms with van der Waals surface area (Å²) < 4.78 is 25.6. The normalized spacial score (nSPS) is 12.7. The standard InChI is InChI=1S/C15H19N4O3P/c1-3-21-23(20,22-4-2)15(12-8-6-5-7-9-12)19-14(17)13(10-16)11-18-19/h5-9,11,15H,3-4,17H2,1-2H3/t15-/m0/s1. The van der Waals surface area contributed by atoms with Crippen LogP contribution in [-0.2, 0) is 13.6 Å². The number of anilines is 1. The third kappa shape index (κ3) is 3.45. The molecule has 1 aromatic heterocycles. The van der Waals surface area contributed by atoms with Crippen LogP contribution in [0.5, 0.6) is 0 Å². The molecule has 8 heteroatoms. The first-order valence-electron chi connectivity index (χ1n) is 7.24. The summed E-state index contributed by atoms with van der Waals surface area (Å²) in [6.45, 7) is 3.90. The van der Waals surface area contributed by atoms with E-state index in [9.17, 15) is 4.57 Å². The summed E-state index contributed by atoms with van der Waals surface area (Å²) in [6, 6.07) is 11.0. The zero-order valence-electron chi connectivity index (χ0n) is 13.0. The third-order valence-corrected chi connectivity index (χ3v) is 5.55. The van der Waals surface area contributed by atoms with Crippen molar-refractivity contribution in [3.8, 4) is 6.07 Å². The molecule has 1 heterocycles. The number of hydrogen-bond acceptors (Lipinski definition) is 6. The minimum absolute atomic E-state index is 0.126. The van der Waals surface area contributed by atoms with Crippen molar-refractivity contribution in [3.05, 3.63) is 47.7 Å². The van der Waals surface area contributed by atoms with Crippen molar-refractivity contribution >= 4 is 13.4 Å². The van der Waals surface area contributed by atoms with Crippen molar-refractivity contribution < 1.29 is 13.6 Å². The molecule has 0 bridgehead atoms. The second kappa shape index (κ2) is 7.42. The molecular weight excluding hydrogens is 315 g/mol. The minimum atomic E-state index is -3.59. The van der Waals surface area contributed by atoms with Crippen LogP contribution >= 0.6 is 7.60 Å². The molecule has 2 N–H and O–H groups in total. The lowest BCUT2D eigenvalue weighted by molar-refractivity contribution is 0.207. The summed E-state index contributed by atoms with van der Waals surface area (Å²) in [5.74, 6) is -0.730. The Labute approximate surface area is 135 Å². The average molecular weight is 334 g/mol. The van der Waals surface area contributed by atoms with Crippen LogP contribution in [0.15, 0.2) is 36.5 Å². The van der Waals surface area contributed by atoms with Crippen molar-refractivity contribution in [1.29, 1.82) is 5.26 Å². The van der Waals surface area contributed by atoms with Gasteiger partial charge in [0.2, 0.25) is 0 Å². The fraction of sp³-hybridized carbons (Fsp3) is 0.333. The van der Waals surface area contributed by atoms with Gasteiger partial charge >= 0.3 is 7.60 Å². The van der Waals surface area contributed by atoms with Crippen molar-refractivity contribution in [3.63, 3.8) is 0 Å². The summed E-state index contributed by atoms with van der Waals surface area (Å²) in [7, 11) is -3.59. The Hall–Kier alpha value is -2.13. The van der Waals surface area contributed by atoms with Crippen LogP contribution in [0.1, 0.15) is 30.8 Å². The van der Waals surface area contributed by atoms with Gasteiger partial charge in [-0.2, -0.15) is 10.4 Å². The Morgan fingerprint density at radius 2 is 1.91 bits per heavy atom. The van der Waals surface area contributed by atoms with E-state index in [2.05, 4.69) is 5.10 Å². The lowest BCUT2D eigenvalue weighted by Crippen LogP contribution is -2.18. The van der Waals surface area contributed by atoms with E-state index < -0.39 is 13.4 Å². The summed E-state index contributed by atoms with van der Waals surface area (Å²) in [6.07, 6.45) is 1.34. The first-order chi connectivity index (χ1) is 11.1. The van der Waals surface area contributed by atoms with Gasteiger partial charge in [0.05, 0.1) is 19.4 Å². The maximum atomic E-state index is 13.3. The predicted octanol–water partition coefficient (Wildman–Crippen LogP) is 3.15. The van der Waals surface area contributed by atoms with Gasteiger partial charge in [0, 0.05) is 0 Å². The molecule has 0 aliphatic heterocycles. The summed E-state index contributed by atoms with van der Waals surface area (Å²) in [5, 5.41) is 13.2. The molecule has 1 aromatic carbocycles. The summed E-state index contributed by atoms with van der Waals surface area (Å²) >= 11 is 0. The van der Waals surface area contributed by atoms with E-state index in [4.69, 9.17) is 20.0 Å². The molecule has 0 spiro atoms. The number of benzene rings is 1. The Bertz CT molecular complexity index is 729. The maximum absolute atomic E-state index is 13.3. The number of nitriles is 1. The fourth-order valence-electron chi connectivity index (χ4n) is 2.27. The Kier molecular flexibility index (Phi) is 5.56. The highest BCUT2D eigenvalue weighted by Crippen LogP contribution is 2.61. The van der Waals surface area contributed by atoms with E-state index in [-0.39, 0.29) is 24.6 Å². The smallest absolute Gasteiger partial charge is 0.359 e. The minimum Gasteiger partial charge on any atom is -0.383 e. The number of hydrogen-bond donors (Lipinski definition) is 1. The van der Waals surface area contributed by atoms with Gasteiger partial charge in [-0.05, 0) is 19.4 Å². The number of nitrogens with two attached hydrogens (primary N) is 1. The monoisotopic (exact) mass is 334 g/mol. The largest absolute Gasteiger partial charge is 0.383 e. The van der Waals surface area contributed by atoms with Crippen LogP contribution in [0, 0.1) is 11.3 Å². The van der Waals surface area contributed by atoms with Crippen LogP contribution in [-0.4, -0.2) is 23.0 Å². The quantitative estimate of drug-likeness (QED) is 0.780. The summed E-state index contributed by atoms with van der Waals surface area (Å²) in [4.78, 5) is 0. The second-order valence-corrected chi connectivity index (χ2v) is 6.74.